The molecule has 0 spiro atoms. The fraction of sp³-hybridized carbons (Fsp3) is 0.429. The number of hydrazine groups is 1. The Morgan fingerprint density at radius 3 is 2.57 bits per heavy atom. The molecule has 0 aliphatic carbocycles. The van der Waals surface area contributed by atoms with Gasteiger partial charge in [-0.3, -0.25) is 10.2 Å². The SMILES string of the molecule is Cc1ccc(C2CC3C4NN=C(CCC(=O)N5CCN(c6ccc(F)cc6)CC5)N4C=CN3N2)cc1C. The number of carbonyl (C=O) groups is 1. The van der Waals surface area contributed by atoms with Gasteiger partial charge in [-0.1, -0.05) is 18.2 Å². The van der Waals surface area contributed by atoms with Crippen LogP contribution in [0.5, 0.6) is 0 Å². The molecule has 3 unspecified atom stereocenters. The van der Waals surface area contributed by atoms with Crippen LogP contribution in [0.2, 0.25) is 0 Å². The Morgan fingerprint density at radius 1 is 1.03 bits per heavy atom. The van der Waals surface area contributed by atoms with Crippen LogP contribution in [-0.2, 0) is 4.79 Å². The van der Waals surface area contributed by atoms with E-state index in [2.05, 4.69) is 75.2 Å². The van der Waals surface area contributed by atoms with Gasteiger partial charge in [0.2, 0.25) is 5.91 Å². The number of carbonyl (C=O) groups excluding carboxylic acids is 1. The number of halogens is 1. The Morgan fingerprint density at radius 2 is 1.81 bits per heavy atom. The summed E-state index contributed by atoms with van der Waals surface area (Å²) in [6.07, 6.45) is 6.21. The standard InChI is InChI=1S/C28H34FN7O/c1-19-3-4-21(17-20(19)2)24-18-25-28-31-30-26(35(28)15-16-36(25)32-24)9-10-27(37)34-13-11-33(12-14-34)23-7-5-22(29)6-8-23/h3-8,15-17,24-25,28,31-32H,9-14,18H2,1-2H3. The van der Waals surface area contributed by atoms with Gasteiger partial charge in [0.25, 0.3) is 0 Å². The first-order valence-corrected chi connectivity index (χ1v) is 13.1. The van der Waals surface area contributed by atoms with E-state index < -0.39 is 0 Å². The summed E-state index contributed by atoms with van der Waals surface area (Å²) in [6, 6.07) is 13.8. The molecule has 2 saturated heterocycles. The average molecular weight is 504 g/mol. The summed E-state index contributed by atoms with van der Waals surface area (Å²) < 4.78 is 13.2. The zero-order chi connectivity index (χ0) is 25.5. The number of rotatable bonds is 5. The Kier molecular flexibility index (Phi) is 6.24. The van der Waals surface area contributed by atoms with Crippen LogP contribution < -0.4 is 15.8 Å². The highest BCUT2D eigenvalue weighted by Crippen LogP contribution is 2.34. The predicted octanol–water partition coefficient (Wildman–Crippen LogP) is 3.22. The van der Waals surface area contributed by atoms with Crippen LogP contribution in [0, 0.1) is 19.7 Å². The lowest BCUT2D eigenvalue weighted by Crippen LogP contribution is -2.54. The summed E-state index contributed by atoms with van der Waals surface area (Å²) in [5.41, 5.74) is 11.9. The number of aryl methyl sites for hydroxylation is 2. The summed E-state index contributed by atoms with van der Waals surface area (Å²) in [6.45, 7) is 7.16. The van der Waals surface area contributed by atoms with Crippen molar-refractivity contribution in [3.63, 3.8) is 0 Å². The molecule has 8 nitrogen and oxygen atoms in total. The van der Waals surface area contributed by atoms with Gasteiger partial charge in [0.15, 0.2) is 0 Å². The topological polar surface area (TPSA) is 66.5 Å². The van der Waals surface area contributed by atoms with Crippen molar-refractivity contribution in [3.05, 3.63) is 77.4 Å². The second-order valence-electron chi connectivity index (χ2n) is 10.4. The largest absolute Gasteiger partial charge is 0.368 e. The first kappa shape index (κ1) is 23.8. The third kappa shape index (κ3) is 4.64. The summed E-state index contributed by atoms with van der Waals surface area (Å²) in [5, 5.41) is 6.81. The number of nitrogens with one attached hydrogen (secondary N) is 2. The molecular weight excluding hydrogens is 469 g/mol. The minimum absolute atomic E-state index is 0.0541. The molecule has 0 bridgehead atoms. The number of hydrogen-bond donors (Lipinski definition) is 2. The molecule has 2 fully saturated rings. The normalized spacial score (nSPS) is 24.6. The van der Waals surface area contributed by atoms with Crippen LogP contribution in [0.1, 0.15) is 42.0 Å². The first-order valence-electron chi connectivity index (χ1n) is 13.1. The molecule has 4 heterocycles. The zero-order valence-electron chi connectivity index (χ0n) is 21.4. The molecule has 194 valence electrons. The number of benzene rings is 2. The highest BCUT2D eigenvalue weighted by Gasteiger charge is 2.44. The van der Waals surface area contributed by atoms with Crippen LogP contribution in [0.15, 0.2) is 60.0 Å². The van der Waals surface area contributed by atoms with Crippen molar-refractivity contribution in [3.8, 4) is 0 Å². The first-order chi connectivity index (χ1) is 18.0. The monoisotopic (exact) mass is 503 g/mol. The summed E-state index contributed by atoms with van der Waals surface area (Å²) in [7, 11) is 0. The van der Waals surface area contributed by atoms with E-state index in [9.17, 15) is 9.18 Å². The maximum atomic E-state index is 13.2. The van der Waals surface area contributed by atoms with Gasteiger partial charge in [-0.25, -0.2) is 9.82 Å². The van der Waals surface area contributed by atoms with Gasteiger partial charge in [-0.2, -0.15) is 5.10 Å². The van der Waals surface area contributed by atoms with E-state index in [1.54, 1.807) is 12.1 Å². The van der Waals surface area contributed by atoms with Crippen molar-refractivity contribution in [2.24, 2.45) is 5.10 Å². The molecule has 0 saturated carbocycles. The summed E-state index contributed by atoms with van der Waals surface area (Å²) in [5.74, 6) is 0.837. The van der Waals surface area contributed by atoms with Gasteiger partial charge in [-0.15, -0.1) is 0 Å². The minimum atomic E-state index is -0.231. The molecule has 2 N–H and O–H groups in total. The summed E-state index contributed by atoms with van der Waals surface area (Å²) in [4.78, 5) is 19.3. The van der Waals surface area contributed by atoms with Gasteiger partial charge in [0, 0.05) is 57.1 Å². The highest BCUT2D eigenvalue weighted by molar-refractivity contribution is 5.89. The number of nitrogens with zero attached hydrogens (tertiary/aromatic N) is 5. The van der Waals surface area contributed by atoms with Crippen molar-refractivity contribution >= 4 is 17.4 Å². The van der Waals surface area contributed by atoms with Gasteiger partial charge in [0.05, 0.1) is 12.1 Å². The van der Waals surface area contributed by atoms with Crippen molar-refractivity contribution in [1.82, 2.24) is 25.7 Å². The zero-order valence-corrected chi connectivity index (χ0v) is 21.4. The van der Waals surface area contributed by atoms with Crippen molar-refractivity contribution in [2.75, 3.05) is 31.1 Å². The molecule has 2 aromatic rings. The minimum Gasteiger partial charge on any atom is -0.368 e. The lowest BCUT2D eigenvalue weighted by Gasteiger charge is -2.37. The van der Waals surface area contributed by atoms with E-state index >= 15 is 0 Å². The Labute approximate surface area is 217 Å². The van der Waals surface area contributed by atoms with Crippen molar-refractivity contribution in [1.29, 1.82) is 0 Å². The third-order valence-corrected chi connectivity index (χ3v) is 8.14. The molecule has 1 amide bonds. The third-order valence-electron chi connectivity index (χ3n) is 8.14. The van der Waals surface area contributed by atoms with E-state index in [0.29, 0.717) is 25.9 Å². The molecule has 3 atom stereocenters. The van der Waals surface area contributed by atoms with Crippen LogP contribution in [0.3, 0.4) is 0 Å². The smallest absolute Gasteiger partial charge is 0.223 e. The predicted molar refractivity (Wildman–Crippen MR) is 142 cm³/mol. The van der Waals surface area contributed by atoms with Gasteiger partial charge in [0.1, 0.15) is 17.8 Å². The molecule has 4 aliphatic rings. The van der Waals surface area contributed by atoms with Crippen LogP contribution in [0.25, 0.3) is 0 Å². The fourth-order valence-electron chi connectivity index (χ4n) is 5.75. The van der Waals surface area contributed by atoms with E-state index in [1.807, 2.05) is 4.90 Å². The quantitative estimate of drug-likeness (QED) is 0.653. The number of amidine groups is 1. The fourth-order valence-corrected chi connectivity index (χ4v) is 5.75. The number of hydrazone groups is 1. The lowest BCUT2D eigenvalue weighted by atomic mass is 9.97. The Bertz CT molecular complexity index is 1220. The van der Waals surface area contributed by atoms with E-state index in [4.69, 9.17) is 0 Å². The average Bonchev–Trinajstić information content (AvgIpc) is 3.53. The maximum Gasteiger partial charge on any atom is 0.223 e. The molecular formula is C28H34FN7O. The van der Waals surface area contributed by atoms with E-state index in [1.165, 1.54) is 28.8 Å². The van der Waals surface area contributed by atoms with Crippen LogP contribution in [-0.4, -0.2) is 64.9 Å². The number of fused-ring (bicyclic) bond motifs is 3. The maximum absolute atomic E-state index is 13.2. The van der Waals surface area contributed by atoms with Gasteiger partial charge < -0.3 is 19.7 Å². The van der Waals surface area contributed by atoms with Gasteiger partial charge >= 0.3 is 0 Å². The molecule has 37 heavy (non-hydrogen) atoms. The molecule has 4 aliphatic heterocycles. The number of piperazine rings is 1. The molecule has 6 rings (SSSR count). The van der Waals surface area contributed by atoms with E-state index in [0.717, 1.165) is 31.0 Å². The Hall–Kier alpha value is -3.59. The Balaban J connectivity index is 1.01. The number of anilines is 1. The molecule has 0 aromatic heterocycles. The second kappa shape index (κ2) is 9.70. The van der Waals surface area contributed by atoms with Crippen molar-refractivity contribution in [2.45, 2.75) is 51.4 Å². The van der Waals surface area contributed by atoms with E-state index in [-0.39, 0.29) is 30.0 Å². The molecule has 2 aromatic carbocycles. The van der Waals surface area contributed by atoms with Gasteiger partial charge in [-0.05, 0) is 61.2 Å². The summed E-state index contributed by atoms with van der Waals surface area (Å²) >= 11 is 0. The lowest BCUT2D eigenvalue weighted by molar-refractivity contribution is -0.131. The van der Waals surface area contributed by atoms with Crippen LogP contribution in [0.4, 0.5) is 10.1 Å². The highest BCUT2D eigenvalue weighted by atomic mass is 19.1. The second-order valence-corrected chi connectivity index (χ2v) is 10.4. The van der Waals surface area contributed by atoms with Crippen molar-refractivity contribution < 1.29 is 9.18 Å². The number of hydrogen-bond acceptors (Lipinski definition) is 7. The number of amides is 1. The molecule has 0 radical (unpaired) electrons. The molecule has 9 heteroatoms. The van der Waals surface area contributed by atoms with Crippen LogP contribution >= 0.6 is 0 Å².